The Morgan fingerprint density at radius 3 is 2.67 bits per heavy atom. The molecule has 0 radical (unpaired) electrons. The predicted molar refractivity (Wildman–Crippen MR) is 180 cm³/mol. The summed E-state index contributed by atoms with van der Waals surface area (Å²) in [5, 5.41) is 16.6. The highest BCUT2D eigenvalue weighted by Gasteiger charge is 2.35. The van der Waals surface area contributed by atoms with Crippen molar-refractivity contribution in [1.82, 2.24) is 39.0 Å². The first-order chi connectivity index (χ1) is 23.3. The van der Waals surface area contributed by atoms with Gasteiger partial charge in [0.2, 0.25) is 0 Å². The summed E-state index contributed by atoms with van der Waals surface area (Å²) < 4.78 is 16.4. The van der Waals surface area contributed by atoms with E-state index in [9.17, 15) is 9.90 Å². The highest BCUT2D eigenvalue weighted by Crippen LogP contribution is 2.47. The number of nitrogen functional groups attached to an aromatic ring is 1. The molecular formula is C35H33N9O4. The molecule has 6 heterocycles. The summed E-state index contributed by atoms with van der Waals surface area (Å²) in [7, 11) is 0. The first-order valence-corrected chi connectivity index (χ1v) is 15.8. The van der Waals surface area contributed by atoms with Crippen molar-refractivity contribution in [1.29, 1.82) is 0 Å². The number of hydrogen-bond acceptors (Lipinski definition) is 10. The Balaban J connectivity index is 1.26. The van der Waals surface area contributed by atoms with Crippen LogP contribution in [0.25, 0.3) is 33.2 Å². The van der Waals surface area contributed by atoms with Crippen LogP contribution in [-0.4, -0.2) is 82.5 Å². The van der Waals surface area contributed by atoms with Gasteiger partial charge in [-0.1, -0.05) is 17.9 Å². The fraction of sp³-hybridized carbons (Fsp3) is 0.286. The second kappa shape index (κ2) is 11.5. The molecule has 2 aromatic carbocycles. The molecular weight excluding hydrogens is 610 g/mol. The van der Waals surface area contributed by atoms with E-state index in [2.05, 4.69) is 26.7 Å². The molecule has 3 N–H and O–H groups in total. The van der Waals surface area contributed by atoms with E-state index < -0.39 is 5.60 Å². The van der Waals surface area contributed by atoms with Gasteiger partial charge in [0.25, 0.3) is 5.56 Å². The first kappa shape index (κ1) is 29.7. The lowest BCUT2D eigenvalue weighted by atomic mass is 9.95. The normalized spacial score (nSPS) is 15.7. The lowest BCUT2D eigenvalue weighted by Crippen LogP contribution is -2.36. The van der Waals surface area contributed by atoms with Crippen LogP contribution < -0.4 is 16.0 Å². The summed E-state index contributed by atoms with van der Waals surface area (Å²) in [6, 6.07) is 12.6. The average molecular weight is 644 g/mol. The highest BCUT2D eigenvalue weighted by atomic mass is 16.5. The van der Waals surface area contributed by atoms with E-state index in [0.717, 1.165) is 24.2 Å². The van der Waals surface area contributed by atoms with E-state index in [1.54, 1.807) is 27.8 Å². The van der Waals surface area contributed by atoms with Gasteiger partial charge in [-0.15, -0.1) is 0 Å². The van der Waals surface area contributed by atoms with E-state index in [-0.39, 0.29) is 23.7 Å². The van der Waals surface area contributed by atoms with Crippen molar-refractivity contribution in [2.24, 2.45) is 0 Å². The van der Waals surface area contributed by atoms with Crippen LogP contribution in [0.2, 0.25) is 0 Å². The second-order valence-electron chi connectivity index (χ2n) is 12.5. The number of hydrogen-bond donors (Lipinski definition) is 2. The first-order valence-electron chi connectivity index (χ1n) is 15.8. The monoisotopic (exact) mass is 643 g/mol. The van der Waals surface area contributed by atoms with E-state index in [1.165, 1.54) is 11.0 Å². The molecule has 6 aromatic rings. The Hall–Kier alpha value is -5.71. The molecule has 48 heavy (non-hydrogen) atoms. The van der Waals surface area contributed by atoms with Crippen LogP contribution in [0.15, 0.2) is 66.0 Å². The van der Waals surface area contributed by atoms with Gasteiger partial charge in [0.15, 0.2) is 23.0 Å². The lowest BCUT2D eigenvalue weighted by molar-refractivity contribution is 0.0443. The third-order valence-electron chi connectivity index (χ3n) is 8.72. The van der Waals surface area contributed by atoms with Gasteiger partial charge < -0.3 is 20.3 Å². The zero-order chi connectivity index (χ0) is 33.0. The Bertz CT molecular complexity index is 2320. The third-order valence-corrected chi connectivity index (χ3v) is 8.72. The molecule has 0 bridgehead atoms. The van der Waals surface area contributed by atoms with Gasteiger partial charge in [0, 0.05) is 48.6 Å². The minimum absolute atomic E-state index is 0.0635. The maximum Gasteiger partial charge on any atom is 0.282 e. The van der Waals surface area contributed by atoms with Crippen molar-refractivity contribution >= 4 is 27.8 Å². The van der Waals surface area contributed by atoms with Crippen LogP contribution in [0, 0.1) is 11.8 Å². The van der Waals surface area contributed by atoms with Crippen molar-refractivity contribution in [2.75, 3.05) is 38.6 Å². The molecule has 0 unspecified atom stereocenters. The molecule has 4 aromatic heterocycles. The number of phenols is 1. The number of nitrogens with two attached hydrogens (primary N) is 1. The molecule has 0 aliphatic carbocycles. The number of benzene rings is 2. The van der Waals surface area contributed by atoms with Crippen molar-refractivity contribution in [2.45, 2.75) is 32.4 Å². The number of morpholine rings is 1. The molecule has 1 fully saturated rings. The molecule has 2 aliphatic heterocycles. The molecule has 0 spiro atoms. The zero-order valence-electron chi connectivity index (χ0n) is 26.6. The van der Waals surface area contributed by atoms with E-state index in [1.807, 2.05) is 50.2 Å². The Labute approximate surface area is 275 Å². The topological polar surface area (TPSA) is 151 Å². The van der Waals surface area contributed by atoms with Gasteiger partial charge in [-0.25, -0.2) is 19.6 Å². The van der Waals surface area contributed by atoms with Crippen LogP contribution in [0.3, 0.4) is 0 Å². The zero-order valence-corrected chi connectivity index (χ0v) is 26.6. The van der Waals surface area contributed by atoms with Crippen LogP contribution in [0.4, 0.5) is 5.82 Å². The summed E-state index contributed by atoms with van der Waals surface area (Å²) >= 11 is 0. The fourth-order valence-corrected chi connectivity index (χ4v) is 6.50. The smallest absolute Gasteiger partial charge is 0.282 e. The van der Waals surface area contributed by atoms with Crippen LogP contribution in [0.5, 0.6) is 11.5 Å². The minimum Gasteiger partial charge on any atom is -0.504 e. The molecule has 13 heteroatoms. The number of ether oxygens (including phenoxy) is 2. The maximum atomic E-state index is 14.4. The second-order valence-corrected chi connectivity index (χ2v) is 12.5. The Morgan fingerprint density at radius 1 is 1.04 bits per heavy atom. The fourth-order valence-electron chi connectivity index (χ4n) is 6.50. The largest absolute Gasteiger partial charge is 0.504 e. The van der Waals surface area contributed by atoms with Crippen LogP contribution in [0.1, 0.15) is 30.8 Å². The van der Waals surface area contributed by atoms with E-state index in [4.69, 9.17) is 25.3 Å². The SMILES string of the molecule is CC1(C)Cc2c(-c3nn(Cc4nc5cccc(C#CCN6CCOCC6)c5c(=O)n4-n4cccc4)c4ncnc(N)c34)ccc(O)c2O1. The molecule has 2 aliphatic rings. The van der Waals surface area contributed by atoms with Crippen molar-refractivity contribution in [3.05, 3.63) is 88.5 Å². The highest BCUT2D eigenvalue weighted by molar-refractivity contribution is 5.99. The van der Waals surface area contributed by atoms with Crippen LogP contribution >= 0.6 is 0 Å². The van der Waals surface area contributed by atoms with Gasteiger partial charge in [-0.2, -0.15) is 9.77 Å². The lowest BCUT2D eigenvalue weighted by Gasteiger charge is -2.24. The number of aromatic nitrogens is 7. The summed E-state index contributed by atoms with van der Waals surface area (Å²) in [6.45, 7) is 7.66. The standard InChI is InChI=1S/C35H33N9O4/c1-35(2)19-24-23(10-11-26(45)31(24)48-35)30-29-32(36)37-21-38-33(29)43(40-30)20-27-39-25-9-5-7-22(8-6-12-41-15-17-47-18-16-41)28(25)34(46)44(27)42-13-3-4-14-42/h3-5,7,9-11,13-14,21,45H,12,15-20H2,1-2H3,(H2,36,37,38). The Morgan fingerprint density at radius 2 is 1.85 bits per heavy atom. The molecule has 0 amide bonds. The van der Waals surface area contributed by atoms with Gasteiger partial charge in [-0.3, -0.25) is 14.4 Å². The molecule has 0 saturated carbocycles. The van der Waals surface area contributed by atoms with Gasteiger partial charge in [-0.05, 0) is 50.2 Å². The quantitative estimate of drug-likeness (QED) is 0.268. The molecule has 242 valence electrons. The number of aromatic hydroxyl groups is 1. The summed E-state index contributed by atoms with van der Waals surface area (Å²) in [4.78, 5) is 30.4. The van der Waals surface area contributed by atoms with Crippen molar-refractivity contribution < 1.29 is 14.6 Å². The van der Waals surface area contributed by atoms with E-state index in [0.29, 0.717) is 70.9 Å². The van der Waals surface area contributed by atoms with Crippen LogP contribution in [-0.2, 0) is 17.7 Å². The minimum atomic E-state index is -0.510. The summed E-state index contributed by atoms with van der Waals surface area (Å²) in [6.07, 6.45) is 5.53. The molecule has 8 rings (SSSR count). The van der Waals surface area contributed by atoms with Crippen molar-refractivity contribution in [3.63, 3.8) is 0 Å². The number of fused-ring (bicyclic) bond motifs is 3. The van der Waals surface area contributed by atoms with Gasteiger partial charge in [0.1, 0.15) is 30.0 Å². The van der Waals surface area contributed by atoms with E-state index >= 15 is 0 Å². The summed E-state index contributed by atoms with van der Waals surface area (Å²) in [5.74, 6) is 7.65. The predicted octanol–water partition coefficient (Wildman–Crippen LogP) is 3.05. The third kappa shape index (κ3) is 5.11. The van der Waals surface area contributed by atoms with Crippen molar-refractivity contribution in [3.8, 4) is 34.6 Å². The number of rotatable bonds is 5. The molecule has 0 atom stereocenters. The summed E-state index contributed by atoms with van der Waals surface area (Å²) in [5.41, 5.74) is 9.44. The maximum absolute atomic E-state index is 14.4. The number of nitrogens with zero attached hydrogens (tertiary/aromatic N) is 8. The average Bonchev–Trinajstić information content (AvgIpc) is 3.80. The van der Waals surface area contributed by atoms with Gasteiger partial charge >= 0.3 is 0 Å². The van der Waals surface area contributed by atoms with Gasteiger partial charge in [0.05, 0.1) is 36.0 Å². The number of phenolic OH excluding ortho intramolecular Hbond substituents is 1. The Kier molecular flexibility index (Phi) is 7.12. The molecule has 13 nitrogen and oxygen atoms in total. The molecule has 1 saturated heterocycles. The number of anilines is 1.